The van der Waals surface area contributed by atoms with Gasteiger partial charge >= 0.3 is 0 Å². The highest BCUT2D eigenvalue weighted by Crippen LogP contribution is 2.30. The second kappa shape index (κ2) is 4.96. The Labute approximate surface area is 117 Å². The quantitative estimate of drug-likeness (QED) is 0.918. The Morgan fingerprint density at radius 1 is 1.32 bits per heavy atom. The molecule has 19 heavy (non-hydrogen) atoms. The smallest absolute Gasteiger partial charge is 0.254 e. The third kappa shape index (κ3) is 2.39. The standard InChI is InChI=1S/C13H18ClN5/c1-8-3-5-10(6-4-8)18-12-11(14)9(2)17-13-15-7-16-19(12)13/h7-8,10,18H,3-6H2,1-2H3. The molecule has 0 aromatic carbocycles. The third-order valence-electron chi connectivity index (χ3n) is 3.89. The maximum atomic E-state index is 6.36. The molecule has 2 aromatic heterocycles. The number of hydrogen-bond acceptors (Lipinski definition) is 4. The minimum atomic E-state index is 0.461. The molecule has 1 fully saturated rings. The van der Waals surface area contributed by atoms with Crippen molar-refractivity contribution in [2.24, 2.45) is 5.92 Å². The van der Waals surface area contributed by atoms with Gasteiger partial charge in [0.05, 0.1) is 5.69 Å². The van der Waals surface area contributed by atoms with Gasteiger partial charge in [0.15, 0.2) is 5.82 Å². The van der Waals surface area contributed by atoms with Crippen LogP contribution in [0.1, 0.15) is 38.3 Å². The predicted molar refractivity (Wildman–Crippen MR) is 75.6 cm³/mol. The van der Waals surface area contributed by atoms with E-state index in [0.717, 1.165) is 17.4 Å². The van der Waals surface area contributed by atoms with Gasteiger partial charge in [0.25, 0.3) is 5.78 Å². The SMILES string of the molecule is Cc1nc2ncnn2c(NC2CCC(C)CC2)c1Cl. The lowest BCUT2D eigenvalue weighted by Gasteiger charge is -2.28. The van der Waals surface area contributed by atoms with Crippen molar-refractivity contribution >= 4 is 23.2 Å². The summed E-state index contributed by atoms with van der Waals surface area (Å²) in [6, 6.07) is 0.461. The van der Waals surface area contributed by atoms with Crippen LogP contribution in [0.5, 0.6) is 0 Å². The molecule has 102 valence electrons. The van der Waals surface area contributed by atoms with Gasteiger partial charge in [0, 0.05) is 6.04 Å². The fraction of sp³-hybridized carbons (Fsp3) is 0.615. The number of aryl methyl sites for hydroxylation is 1. The third-order valence-corrected chi connectivity index (χ3v) is 4.34. The molecule has 2 heterocycles. The summed E-state index contributed by atoms with van der Waals surface area (Å²) in [5.41, 5.74) is 0.786. The molecular weight excluding hydrogens is 262 g/mol. The first-order valence-corrected chi connectivity index (χ1v) is 7.15. The average Bonchev–Trinajstić information content (AvgIpc) is 2.85. The van der Waals surface area contributed by atoms with Gasteiger partial charge in [0.2, 0.25) is 0 Å². The minimum absolute atomic E-state index is 0.461. The molecule has 5 nitrogen and oxygen atoms in total. The largest absolute Gasteiger partial charge is 0.366 e. The first-order chi connectivity index (χ1) is 9.15. The van der Waals surface area contributed by atoms with E-state index in [-0.39, 0.29) is 0 Å². The zero-order chi connectivity index (χ0) is 13.4. The molecule has 2 aromatic rings. The molecule has 0 spiro atoms. The molecule has 1 aliphatic carbocycles. The van der Waals surface area contributed by atoms with Crippen LogP contribution in [0.4, 0.5) is 5.82 Å². The molecule has 0 radical (unpaired) electrons. The molecule has 0 aliphatic heterocycles. The predicted octanol–water partition coefficient (Wildman–Crippen LogP) is 3.08. The van der Waals surface area contributed by atoms with Crippen LogP contribution >= 0.6 is 11.6 Å². The fourth-order valence-electron chi connectivity index (χ4n) is 2.66. The van der Waals surface area contributed by atoms with E-state index in [9.17, 15) is 0 Å². The van der Waals surface area contributed by atoms with Crippen molar-refractivity contribution in [3.05, 3.63) is 17.0 Å². The van der Waals surface area contributed by atoms with Crippen LogP contribution in [-0.4, -0.2) is 25.6 Å². The summed E-state index contributed by atoms with van der Waals surface area (Å²) in [5, 5.41) is 8.36. The van der Waals surface area contributed by atoms with Crippen LogP contribution in [-0.2, 0) is 0 Å². The summed E-state index contributed by atoms with van der Waals surface area (Å²) in [7, 11) is 0. The number of nitrogens with one attached hydrogen (secondary N) is 1. The fourth-order valence-corrected chi connectivity index (χ4v) is 2.83. The number of aromatic nitrogens is 4. The van der Waals surface area contributed by atoms with E-state index in [1.807, 2.05) is 6.92 Å². The van der Waals surface area contributed by atoms with E-state index < -0.39 is 0 Å². The van der Waals surface area contributed by atoms with Crippen molar-refractivity contribution < 1.29 is 0 Å². The summed E-state index contributed by atoms with van der Waals surface area (Å²) in [4.78, 5) is 8.45. The molecule has 0 atom stereocenters. The van der Waals surface area contributed by atoms with Crippen LogP contribution in [0.2, 0.25) is 5.02 Å². The maximum Gasteiger partial charge on any atom is 0.254 e. The molecule has 1 saturated carbocycles. The van der Waals surface area contributed by atoms with Gasteiger partial charge in [-0.2, -0.15) is 14.6 Å². The Kier molecular flexibility index (Phi) is 3.31. The molecule has 0 amide bonds. The topological polar surface area (TPSA) is 55.1 Å². The Bertz CT molecular complexity index is 586. The molecule has 0 unspecified atom stereocenters. The van der Waals surface area contributed by atoms with Gasteiger partial charge in [-0.1, -0.05) is 18.5 Å². The summed E-state index contributed by atoms with van der Waals surface area (Å²) in [6.07, 6.45) is 6.38. The van der Waals surface area contributed by atoms with E-state index in [2.05, 4.69) is 27.3 Å². The van der Waals surface area contributed by atoms with Gasteiger partial charge in [-0.05, 0) is 38.5 Å². The normalized spacial score (nSPS) is 23.7. The number of hydrogen-bond donors (Lipinski definition) is 1. The lowest BCUT2D eigenvalue weighted by molar-refractivity contribution is 0.360. The van der Waals surface area contributed by atoms with Gasteiger partial charge in [-0.3, -0.25) is 0 Å². The highest BCUT2D eigenvalue weighted by molar-refractivity contribution is 6.33. The number of rotatable bonds is 2. The number of anilines is 1. The summed E-state index contributed by atoms with van der Waals surface area (Å²) < 4.78 is 1.69. The summed E-state index contributed by atoms with van der Waals surface area (Å²) in [5.74, 6) is 2.24. The van der Waals surface area contributed by atoms with E-state index in [1.54, 1.807) is 4.52 Å². The van der Waals surface area contributed by atoms with Crippen molar-refractivity contribution in [1.29, 1.82) is 0 Å². The van der Waals surface area contributed by atoms with E-state index in [0.29, 0.717) is 16.8 Å². The highest BCUT2D eigenvalue weighted by Gasteiger charge is 2.21. The van der Waals surface area contributed by atoms with Gasteiger partial charge in [0.1, 0.15) is 11.3 Å². The van der Waals surface area contributed by atoms with Crippen molar-refractivity contribution in [1.82, 2.24) is 19.6 Å². The maximum absolute atomic E-state index is 6.36. The number of halogens is 1. The molecule has 3 rings (SSSR count). The Morgan fingerprint density at radius 2 is 2.05 bits per heavy atom. The Balaban J connectivity index is 1.91. The lowest BCUT2D eigenvalue weighted by Crippen LogP contribution is -2.26. The van der Waals surface area contributed by atoms with Crippen LogP contribution in [0, 0.1) is 12.8 Å². The van der Waals surface area contributed by atoms with Crippen molar-refractivity contribution in [2.75, 3.05) is 5.32 Å². The first kappa shape index (κ1) is 12.7. The highest BCUT2D eigenvalue weighted by atomic mass is 35.5. The zero-order valence-corrected chi connectivity index (χ0v) is 12.0. The average molecular weight is 280 g/mol. The van der Waals surface area contributed by atoms with Crippen molar-refractivity contribution in [3.63, 3.8) is 0 Å². The first-order valence-electron chi connectivity index (χ1n) is 6.77. The van der Waals surface area contributed by atoms with Gasteiger partial charge in [-0.15, -0.1) is 0 Å². The second-order valence-electron chi connectivity index (χ2n) is 5.43. The second-order valence-corrected chi connectivity index (χ2v) is 5.81. The number of nitrogens with zero attached hydrogens (tertiary/aromatic N) is 4. The van der Waals surface area contributed by atoms with E-state index in [4.69, 9.17) is 11.6 Å². The Hall–Kier alpha value is -1.36. The molecule has 1 N–H and O–H groups in total. The molecule has 0 saturated heterocycles. The molecule has 6 heteroatoms. The van der Waals surface area contributed by atoms with Crippen molar-refractivity contribution in [2.45, 2.75) is 45.6 Å². The van der Waals surface area contributed by atoms with Crippen LogP contribution in [0.15, 0.2) is 6.33 Å². The van der Waals surface area contributed by atoms with Crippen LogP contribution in [0.3, 0.4) is 0 Å². The lowest BCUT2D eigenvalue weighted by atomic mass is 9.87. The molecule has 0 bridgehead atoms. The zero-order valence-electron chi connectivity index (χ0n) is 11.2. The van der Waals surface area contributed by atoms with Crippen LogP contribution < -0.4 is 5.32 Å². The number of fused-ring (bicyclic) bond motifs is 1. The van der Waals surface area contributed by atoms with E-state index >= 15 is 0 Å². The van der Waals surface area contributed by atoms with Crippen LogP contribution in [0.25, 0.3) is 5.78 Å². The van der Waals surface area contributed by atoms with Crippen molar-refractivity contribution in [3.8, 4) is 0 Å². The summed E-state index contributed by atoms with van der Waals surface area (Å²) in [6.45, 7) is 4.21. The molecular formula is C13H18ClN5. The van der Waals surface area contributed by atoms with E-state index in [1.165, 1.54) is 32.0 Å². The van der Waals surface area contributed by atoms with Gasteiger partial charge < -0.3 is 5.32 Å². The minimum Gasteiger partial charge on any atom is -0.366 e. The summed E-state index contributed by atoms with van der Waals surface area (Å²) >= 11 is 6.36. The van der Waals surface area contributed by atoms with Gasteiger partial charge in [-0.25, -0.2) is 4.98 Å². The monoisotopic (exact) mass is 279 g/mol. The Morgan fingerprint density at radius 3 is 2.79 bits per heavy atom. The molecule has 1 aliphatic rings.